The summed E-state index contributed by atoms with van der Waals surface area (Å²) in [7, 11) is 0. The van der Waals surface area contributed by atoms with Gasteiger partial charge in [-0.25, -0.2) is 4.79 Å². The van der Waals surface area contributed by atoms with Crippen molar-refractivity contribution in [3.63, 3.8) is 0 Å². The van der Waals surface area contributed by atoms with Gasteiger partial charge in [0.15, 0.2) is 5.92 Å². The average molecular weight is 341 g/mol. The van der Waals surface area contributed by atoms with Gasteiger partial charge in [0.1, 0.15) is 12.4 Å². The Kier molecular flexibility index (Phi) is 3.45. The number of fused-ring (bicyclic) bond motifs is 2. The first kappa shape index (κ1) is 15.3. The number of carbonyl (C=O) groups excluding carboxylic acids is 2. The van der Waals surface area contributed by atoms with E-state index in [2.05, 4.69) is 16.0 Å². The van der Waals surface area contributed by atoms with Gasteiger partial charge in [0.25, 0.3) is 0 Å². The molecule has 8 heteroatoms. The van der Waals surface area contributed by atoms with Crippen molar-refractivity contribution in [2.45, 2.75) is 19.0 Å². The van der Waals surface area contributed by atoms with Crippen LogP contribution in [0, 0.1) is 0 Å². The topological polar surface area (TPSA) is 110 Å². The van der Waals surface area contributed by atoms with Crippen molar-refractivity contribution in [3.05, 3.63) is 52.1 Å². The molecular formula is C17H15N3O5. The molecule has 2 atom stereocenters. The summed E-state index contributed by atoms with van der Waals surface area (Å²) in [5.41, 5.74) is 3.02. The number of hydrogen-bond donors (Lipinski definition) is 3. The van der Waals surface area contributed by atoms with E-state index in [0.717, 1.165) is 16.9 Å². The first-order chi connectivity index (χ1) is 12.1. The Labute approximate surface area is 142 Å². The van der Waals surface area contributed by atoms with E-state index in [1.807, 2.05) is 0 Å². The Balaban J connectivity index is 1.64. The maximum absolute atomic E-state index is 12.1. The Morgan fingerprint density at radius 3 is 2.60 bits per heavy atom. The van der Waals surface area contributed by atoms with E-state index in [1.165, 1.54) is 12.3 Å². The molecule has 4 rings (SSSR count). The van der Waals surface area contributed by atoms with Crippen LogP contribution in [0.25, 0.3) is 0 Å². The Hall–Kier alpha value is -3.29. The molecule has 3 heterocycles. The van der Waals surface area contributed by atoms with Gasteiger partial charge in [-0.3, -0.25) is 9.59 Å². The fourth-order valence-corrected chi connectivity index (χ4v) is 3.06. The zero-order chi connectivity index (χ0) is 17.6. The van der Waals surface area contributed by atoms with E-state index >= 15 is 0 Å². The van der Waals surface area contributed by atoms with Gasteiger partial charge in [0.05, 0.1) is 18.0 Å². The smallest absolute Gasteiger partial charge is 0.335 e. The summed E-state index contributed by atoms with van der Waals surface area (Å²) in [5.74, 6) is -1.92. The third kappa shape index (κ3) is 2.51. The SMILES string of the molecule is CCOC(=O)C1C(=O)Nc2cc3c(cc21)NC(c1ccc(=O)oc1)N3. The van der Waals surface area contributed by atoms with Gasteiger partial charge in [0.2, 0.25) is 5.91 Å². The molecule has 1 aromatic heterocycles. The number of carbonyl (C=O) groups is 2. The molecule has 128 valence electrons. The van der Waals surface area contributed by atoms with Gasteiger partial charge in [0, 0.05) is 22.9 Å². The summed E-state index contributed by atoms with van der Waals surface area (Å²) in [5, 5.41) is 9.20. The van der Waals surface area contributed by atoms with E-state index in [4.69, 9.17) is 9.15 Å². The lowest BCUT2D eigenvalue weighted by Crippen LogP contribution is -2.23. The molecule has 0 saturated carbocycles. The molecule has 2 unspecified atom stereocenters. The molecule has 2 aliphatic rings. The third-order valence-corrected chi connectivity index (χ3v) is 4.20. The number of hydrogen-bond acceptors (Lipinski definition) is 7. The van der Waals surface area contributed by atoms with Crippen LogP contribution in [-0.2, 0) is 14.3 Å². The van der Waals surface area contributed by atoms with Crippen molar-refractivity contribution in [1.29, 1.82) is 0 Å². The van der Waals surface area contributed by atoms with Gasteiger partial charge in [-0.1, -0.05) is 0 Å². The van der Waals surface area contributed by atoms with Crippen molar-refractivity contribution >= 4 is 28.9 Å². The summed E-state index contributed by atoms with van der Waals surface area (Å²) in [6.07, 6.45) is 1.11. The number of esters is 1. The zero-order valence-corrected chi connectivity index (χ0v) is 13.3. The lowest BCUT2D eigenvalue weighted by Gasteiger charge is -2.11. The highest BCUT2D eigenvalue weighted by atomic mass is 16.5. The molecule has 1 aromatic carbocycles. The van der Waals surface area contributed by atoms with Crippen LogP contribution in [0.1, 0.15) is 30.1 Å². The highest BCUT2D eigenvalue weighted by Gasteiger charge is 2.39. The van der Waals surface area contributed by atoms with E-state index in [0.29, 0.717) is 11.3 Å². The van der Waals surface area contributed by atoms with Crippen LogP contribution in [0.15, 0.2) is 39.7 Å². The summed E-state index contributed by atoms with van der Waals surface area (Å²) < 4.78 is 9.88. The van der Waals surface area contributed by atoms with Crippen molar-refractivity contribution in [1.82, 2.24) is 0 Å². The van der Waals surface area contributed by atoms with E-state index in [9.17, 15) is 14.4 Å². The molecule has 3 N–H and O–H groups in total. The number of anilines is 3. The highest BCUT2D eigenvalue weighted by Crippen LogP contribution is 2.43. The third-order valence-electron chi connectivity index (χ3n) is 4.20. The Bertz CT molecular complexity index is 916. The van der Waals surface area contributed by atoms with Gasteiger partial charge in [-0.15, -0.1) is 0 Å². The second-order valence-electron chi connectivity index (χ2n) is 5.77. The number of benzene rings is 1. The van der Waals surface area contributed by atoms with Crippen molar-refractivity contribution in [2.75, 3.05) is 22.6 Å². The van der Waals surface area contributed by atoms with E-state index in [-0.39, 0.29) is 12.8 Å². The fraction of sp³-hybridized carbons (Fsp3) is 0.235. The van der Waals surface area contributed by atoms with Gasteiger partial charge < -0.3 is 25.1 Å². The van der Waals surface area contributed by atoms with Crippen LogP contribution in [0.2, 0.25) is 0 Å². The Morgan fingerprint density at radius 2 is 1.92 bits per heavy atom. The standard InChI is InChI=1S/C17H15N3O5/c1-2-24-17(23)14-9-5-11-12(6-10(9)20-16(14)22)19-15(18-11)8-3-4-13(21)25-7-8/h3-7,14-15,18-19H,2H2,1H3,(H,20,22). The van der Waals surface area contributed by atoms with Crippen LogP contribution in [-0.4, -0.2) is 18.5 Å². The Morgan fingerprint density at radius 1 is 1.16 bits per heavy atom. The molecule has 1 amide bonds. The zero-order valence-electron chi connectivity index (χ0n) is 13.3. The van der Waals surface area contributed by atoms with Crippen LogP contribution < -0.4 is 21.6 Å². The minimum absolute atomic E-state index is 0.212. The molecule has 0 radical (unpaired) electrons. The van der Waals surface area contributed by atoms with Crippen molar-refractivity contribution in [2.24, 2.45) is 0 Å². The van der Waals surface area contributed by atoms with Crippen molar-refractivity contribution in [3.8, 4) is 0 Å². The maximum atomic E-state index is 12.1. The fourth-order valence-electron chi connectivity index (χ4n) is 3.06. The minimum atomic E-state index is -0.962. The molecule has 0 spiro atoms. The van der Waals surface area contributed by atoms with Gasteiger partial charge >= 0.3 is 11.6 Å². The second kappa shape index (κ2) is 5.66. The predicted molar refractivity (Wildman–Crippen MR) is 89.4 cm³/mol. The summed E-state index contributed by atoms with van der Waals surface area (Å²) >= 11 is 0. The number of amides is 1. The number of nitrogens with one attached hydrogen (secondary N) is 3. The normalized spacial score (nSPS) is 20.1. The van der Waals surface area contributed by atoms with E-state index < -0.39 is 23.4 Å². The quantitative estimate of drug-likeness (QED) is 0.576. The van der Waals surface area contributed by atoms with Crippen LogP contribution in [0.4, 0.5) is 17.1 Å². The predicted octanol–water partition coefficient (Wildman–Crippen LogP) is 1.77. The highest BCUT2D eigenvalue weighted by molar-refractivity contribution is 6.15. The lowest BCUT2D eigenvalue weighted by atomic mass is 10.00. The summed E-state index contributed by atoms with van der Waals surface area (Å²) in [4.78, 5) is 35.3. The second-order valence-corrected chi connectivity index (χ2v) is 5.77. The van der Waals surface area contributed by atoms with E-state index in [1.54, 1.807) is 25.1 Å². The minimum Gasteiger partial charge on any atom is -0.465 e. The number of rotatable bonds is 3. The first-order valence-corrected chi connectivity index (χ1v) is 7.84. The number of ether oxygens (including phenoxy) is 1. The maximum Gasteiger partial charge on any atom is 0.335 e. The van der Waals surface area contributed by atoms with Crippen LogP contribution in [0.3, 0.4) is 0 Å². The molecule has 2 aromatic rings. The molecule has 0 bridgehead atoms. The molecular weight excluding hydrogens is 326 g/mol. The van der Waals surface area contributed by atoms with Crippen LogP contribution in [0.5, 0.6) is 0 Å². The van der Waals surface area contributed by atoms with Crippen LogP contribution >= 0.6 is 0 Å². The first-order valence-electron chi connectivity index (χ1n) is 7.84. The molecule has 0 aliphatic carbocycles. The van der Waals surface area contributed by atoms with Gasteiger partial charge in [-0.2, -0.15) is 0 Å². The van der Waals surface area contributed by atoms with Crippen molar-refractivity contribution < 1.29 is 18.7 Å². The average Bonchev–Trinajstić information content (AvgIpc) is 3.12. The molecule has 2 aliphatic heterocycles. The summed E-state index contributed by atoms with van der Waals surface area (Å²) in [6, 6.07) is 6.54. The van der Waals surface area contributed by atoms with Gasteiger partial charge in [-0.05, 0) is 25.1 Å². The monoisotopic (exact) mass is 341 g/mol. The molecule has 8 nitrogen and oxygen atoms in total. The lowest BCUT2D eigenvalue weighted by molar-refractivity contribution is -0.147. The molecule has 25 heavy (non-hydrogen) atoms. The molecule has 0 saturated heterocycles. The summed E-state index contributed by atoms with van der Waals surface area (Å²) in [6.45, 7) is 1.91. The molecule has 0 fully saturated rings. The largest absolute Gasteiger partial charge is 0.465 e.